The van der Waals surface area contributed by atoms with Gasteiger partial charge in [0.2, 0.25) is 9.84 Å². The second-order valence-corrected chi connectivity index (χ2v) is 5.08. The fraction of sp³-hybridized carbons (Fsp3) is 0. The summed E-state index contributed by atoms with van der Waals surface area (Å²) >= 11 is 0. The first-order valence-electron chi connectivity index (χ1n) is 4.56. The second kappa shape index (κ2) is 5.64. The van der Waals surface area contributed by atoms with Crippen LogP contribution < -0.4 is 29.6 Å². The molecule has 0 aromatic heterocycles. The van der Waals surface area contributed by atoms with Gasteiger partial charge in [-0.1, -0.05) is 36.4 Å². The largest absolute Gasteiger partial charge is 1.00 e. The Hall–Kier alpha value is -0.610. The molecule has 0 fully saturated rings. The standard InChI is InChI=1S/C12H10O2S.Na.H/c13-15(14,11-7-3-1-4-8-11)12-9-5-2-6-10-12;;/h1-10H;;/q;+1;-1. The molecule has 0 saturated carbocycles. The Kier molecular flexibility index (Phi) is 4.74. The minimum atomic E-state index is -3.34. The van der Waals surface area contributed by atoms with Gasteiger partial charge in [-0.05, 0) is 24.3 Å². The molecule has 4 heteroatoms. The number of hydrogen-bond donors (Lipinski definition) is 0. The minimum absolute atomic E-state index is 0. The number of benzene rings is 2. The Bertz CT molecular complexity index is 496. The van der Waals surface area contributed by atoms with E-state index in [1.54, 1.807) is 60.7 Å². The Morgan fingerprint density at radius 3 is 1.31 bits per heavy atom. The van der Waals surface area contributed by atoms with Gasteiger partial charge in [-0.2, -0.15) is 0 Å². The van der Waals surface area contributed by atoms with Crippen LogP contribution in [-0.4, -0.2) is 8.42 Å². The van der Waals surface area contributed by atoms with E-state index >= 15 is 0 Å². The van der Waals surface area contributed by atoms with Crippen LogP contribution in [0.5, 0.6) is 0 Å². The molecule has 0 aliphatic carbocycles. The first kappa shape index (κ1) is 13.5. The molecule has 2 rings (SSSR count). The van der Waals surface area contributed by atoms with Gasteiger partial charge in [0.15, 0.2) is 0 Å². The van der Waals surface area contributed by atoms with Gasteiger partial charge in [-0.3, -0.25) is 0 Å². The van der Waals surface area contributed by atoms with Crippen molar-refractivity contribution >= 4 is 9.84 Å². The molecule has 0 unspecified atom stereocenters. The maximum absolute atomic E-state index is 12.0. The maximum atomic E-state index is 12.0. The van der Waals surface area contributed by atoms with Crippen molar-refractivity contribution in [2.75, 3.05) is 0 Å². The first-order valence-corrected chi connectivity index (χ1v) is 6.05. The van der Waals surface area contributed by atoms with Crippen molar-refractivity contribution < 1.29 is 39.4 Å². The first-order chi connectivity index (χ1) is 7.21. The van der Waals surface area contributed by atoms with Crippen LogP contribution in [0.1, 0.15) is 1.43 Å². The predicted molar refractivity (Wildman–Crippen MR) is 59.4 cm³/mol. The fourth-order valence-electron chi connectivity index (χ4n) is 1.34. The van der Waals surface area contributed by atoms with Gasteiger partial charge in [0.1, 0.15) is 0 Å². The molecule has 0 heterocycles. The Balaban J connectivity index is 0.00000128. The molecular weight excluding hydrogens is 231 g/mol. The van der Waals surface area contributed by atoms with E-state index in [9.17, 15) is 8.42 Å². The van der Waals surface area contributed by atoms with Gasteiger partial charge in [0.05, 0.1) is 9.79 Å². The molecule has 0 bridgehead atoms. The van der Waals surface area contributed by atoms with Crippen molar-refractivity contribution in [2.45, 2.75) is 9.79 Å². The van der Waals surface area contributed by atoms with Gasteiger partial charge in [-0.15, -0.1) is 0 Å². The van der Waals surface area contributed by atoms with Gasteiger partial charge >= 0.3 is 29.6 Å². The third-order valence-electron chi connectivity index (χ3n) is 2.11. The molecule has 16 heavy (non-hydrogen) atoms. The summed E-state index contributed by atoms with van der Waals surface area (Å²) in [6.45, 7) is 0. The van der Waals surface area contributed by atoms with E-state index in [2.05, 4.69) is 0 Å². The van der Waals surface area contributed by atoms with Crippen molar-refractivity contribution in [3.8, 4) is 0 Å². The van der Waals surface area contributed by atoms with Crippen molar-refractivity contribution in [1.82, 2.24) is 0 Å². The van der Waals surface area contributed by atoms with Crippen LogP contribution in [0.4, 0.5) is 0 Å². The monoisotopic (exact) mass is 242 g/mol. The zero-order valence-electron chi connectivity index (χ0n) is 10.00. The maximum Gasteiger partial charge on any atom is 1.00 e. The van der Waals surface area contributed by atoms with Crippen molar-refractivity contribution in [3.05, 3.63) is 60.7 Å². The SMILES string of the molecule is O=S(=O)(c1ccccc1)c1ccccc1.[H-].[Na+]. The molecule has 0 atom stereocenters. The molecule has 2 aromatic carbocycles. The zero-order valence-corrected chi connectivity index (χ0v) is 11.8. The molecule has 0 saturated heterocycles. The fourth-order valence-corrected chi connectivity index (χ4v) is 2.64. The van der Waals surface area contributed by atoms with Gasteiger partial charge in [0, 0.05) is 0 Å². The smallest absolute Gasteiger partial charge is 1.00 e. The van der Waals surface area contributed by atoms with Crippen LogP contribution in [0.2, 0.25) is 0 Å². The van der Waals surface area contributed by atoms with E-state index in [4.69, 9.17) is 0 Å². The number of rotatable bonds is 2. The molecule has 78 valence electrons. The van der Waals surface area contributed by atoms with E-state index < -0.39 is 9.84 Å². The number of sulfone groups is 1. The summed E-state index contributed by atoms with van der Waals surface area (Å²) in [6, 6.07) is 16.9. The summed E-state index contributed by atoms with van der Waals surface area (Å²) in [5, 5.41) is 0. The molecule has 2 nitrogen and oxygen atoms in total. The van der Waals surface area contributed by atoms with Gasteiger partial charge in [-0.25, -0.2) is 8.42 Å². The van der Waals surface area contributed by atoms with Crippen LogP contribution in [0, 0.1) is 0 Å². The zero-order chi connectivity index (χ0) is 10.7. The molecule has 0 spiro atoms. The summed E-state index contributed by atoms with van der Waals surface area (Å²) in [5.74, 6) is 0. The normalized spacial score (nSPS) is 10.5. The van der Waals surface area contributed by atoms with Gasteiger partial charge < -0.3 is 1.43 Å². The Morgan fingerprint density at radius 1 is 0.688 bits per heavy atom. The van der Waals surface area contributed by atoms with Crippen molar-refractivity contribution in [3.63, 3.8) is 0 Å². The summed E-state index contributed by atoms with van der Waals surface area (Å²) in [6.07, 6.45) is 0. The quantitative estimate of drug-likeness (QED) is 0.674. The Morgan fingerprint density at radius 2 is 1.00 bits per heavy atom. The van der Waals surface area contributed by atoms with Gasteiger partial charge in [0.25, 0.3) is 0 Å². The Labute approximate surface area is 119 Å². The summed E-state index contributed by atoms with van der Waals surface area (Å²) in [7, 11) is -3.34. The van der Waals surface area contributed by atoms with Crippen LogP contribution in [0.3, 0.4) is 0 Å². The summed E-state index contributed by atoms with van der Waals surface area (Å²) < 4.78 is 24.1. The molecule has 0 N–H and O–H groups in total. The van der Waals surface area contributed by atoms with Crippen LogP contribution in [0.25, 0.3) is 0 Å². The average Bonchev–Trinajstić information content (AvgIpc) is 2.31. The minimum Gasteiger partial charge on any atom is -1.00 e. The van der Waals surface area contributed by atoms with Crippen LogP contribution in [0.15, 0.2) is 70.5 Å². The van der Waals surface area contributed by atoms with E-state index in [0.717, 1.165) is 0 Å². The number of hydrogen-bond acceptors (Lipinski definition) is 2. The average molecular weight is 242 g/mol. The van der Waals surface area contributed by atoms with Crippen LogP contribution in [-0.2, 0) is 9.84 Å². The molecular formula is C12H11NaO2S. The van der Waals surface area contributed by atoms with E-state index in [1.165, 1.54) is 0 Å². The van der Waals surface area contributed by atoms with E-state index in [-0.39, 0.29) is 31.0 Å². The molecule has 0 amide bonds. The molecule has 0 aliphatic heterocycles. The van der Waals surface area contributed by atoms with E-state index in [1.807, 2.05) is 0 Å². The van der Waals surface area contributed by atoms with Crippen LogP contribution >= 0.6 is 0 Å². The summed E-state index contributed by atoms with van der Waals surface area (Å²) in [4.78, 5) is 0.660. The van der Waals surface area contributed by atoms with Crippen molar-refractivity contribution in [2.24, 2.45) is 0 Å². The predicted octanol–water partition coefficient (Wildman–Crippen LogP) is -0.364. The summed E-state index contributed by atoms with van der Waals surface area (Å²) in [5.41, 5.74) is 0. The van der Waals surface area contributed by atoms with E-state index in [0.29, 0.717) is 9.79 Å². The third kappa shape index (κ3) is 2.74. The third-order valence-corrected chi connectivity index (χ3v) is 3.89. The molecule has 2 aromatic rings. The van der Waals surface area contributed by atoms with Crippen molar-refractivity contribution in [1.29, 1.82) is 0 Å². The molecule has 0 aliphatic rings. The topological polar surface area (TPSA) is 34.1 Å². The molecule has 0 radical (unpaired) electrons. The second-order valence-electron chi connectivity index (χ2n) is 3.13.